The molecule has 1 aromatic carbocycles. The van der Waals surface area contributed by atoms with Crippen molar-refractivity contribution in [2.75, 3.05) is 0 Å². The SMILES string of the molecule is Cc1cccc(C(C)(C)C2=[C-]C=CC2)c1.[Cl-].[Cl-].[Cl-].[Ti+4]. The summed E-state index contributed by atoms with van der Waals surface area (Å²) in [6, 6.07) is 8.76. The summed E-state index contributed by atoms with van der Waals surface area (Å²) < 4.78 is 0. The molecule has 0 bridgehead atoms. The van der Waals surface area contributed by atoms with Crippen molar-refractivity contribution in [3.8, 4) is 0 Å². The molecule has 0 aromatic heterocycles. The maximum Gasteiger partial charge on any atom is 4.00 e. The molecule has 0 nitrogen and oxygen atoms in total. The van der Waals surface area contributed by atoms with Crippen molar-refractivity contribution in [1.82, 2.24) is 0 Å². The van der Waals surface area contributed by atoms with E-state index >= 15 is 0 Å². The Bertz CT molecular complexity index is 437. The third-order valence-electron chi connectivity index (χ3n) is 3.19. The molecule has 0 radical (unpaired) electrons. The molecule has 0 fully saturated rings. The molecule has 0 N–H and O–H groups in total. The van der Waals surface area contributed by atoms with Crippen LogP contribution in [-0.4, -0.2) is 0 Å². The van der Waals surface area contributed by atoms with Gasteiger partial charge in [0.15, 0.2) is 0 Å². The van der Waals surface area contributed by atoms with Gasteiger partial charge in [-0.2, -0.15) is 5.57 Å². The summed E-state index contributed by atoms with van der Waals surface area (Å²) in [7, 11) is 0. The predicted octanol–water partition coefficient (Wildman–Crippen LogP) is -5.03. The molecule has 0 atom stereocenters. The van der Waals surface area contributed by atoms with Crippen LogP contribution in [0.3, 0.4) is 0 Å². The Labute approximate surface area is 150 Å². The van der Waals surface area contributed by atoms with Crippen molar-refractivity contribution >= 4 is 0 Å². The predicted molar refractivity (Wildman–Crippen MR) is 64.7 cm³/mol. The van der Waals surface area contributed by atoms with Crippen molar-refractivity contribution in [2.45, 2.75) is 32.6 Å². The molecule has 0 amide bonds. The maximum absolute atomic E-state index is 3.35. The Morgan fingerprint density at radius 3 is 2.21 bits per heavy atom. The molecule has 0 aliphatic heterocycles. The van der Waals surface area contributed by atoms with Crippen LogP contribution in [0.15, 0.2) is 42.0 Å². The topological polar surface area (TPSA) is 0 Å². The number of allylic oxidation sites excluding steroid dienone is 4. The number of halogens is 3. The van der Waals surface area contributed by atoms with Gasteiger partial charge >= 0.3 is 21.7 Å². The molecule has 4 heteroatoms. The largest absolute Gasteiger partial charge is 4.00 e. The van der Waals surface area contributed by atoms with Crippen molar-refractivity contribution in [1.29, 1.82) is 0 Å². The van der Waals surface area contributed by atoms with Crippen LogP contribution in [0.1, 0.15) is 31.4 Å². The first-order chi connectivity index (χ1) is 7.10. The molecule has 19 heavy (non-hydrogen) atoms. The van der Waals surface area contributed by atoms with Gasteiger partial charge in [-0.15, -0.1) is 0 Å². The minimum atomic E-state index is 0. The van der Waals surface area contributed by atoms with E-state index in [1.165, 1.54) is 16.7 Å². The van der Waals surface area contributed by atoms with Crippen LogP contribution in [0.25, 0.3) is 0 Å². The molecule has 1 aliphatic carbocycles. The summed E-state index contributed by atoms with van der Waals surface area (Å²) >= 11 is 0. The number of hydrogen-bond donors (Lipinski definition) is 0. The number of hydrogen-bond acceptors (Lipinski definition) is 0. The van der Waals surface area contributed by atoms with Crippen LogP contribution in [0.4, 0.5) is 0 Å². The van der Waals surface area contributed by atoms with Gasteiger partial charge in [-0.1, -0.05) is 50.1 Å². The molecule has 0 saturated heterocycles. The summed E-state index contributed by atoms with van der Waals surface area (Å²) in [4.78, 5) is 0. The fourth-order valence-corrected chi connectivity index (χ4v) is 2.04. The van der Waals surface area contributed by atoms with Gasteiger partial charge in [0.2, 0.25) is 0 Å². The first-order valence-corrected chi connectivity index (χ1v) is 5.46. The van der Waals surface area contributed by atoms with Crippen LogP contribution in [0, 0.1) is 13.0 Å². The second kappa shape index (κ2) is 10.1. The number of benzene rings is 1. The summed E-state index contributed by atoms with van der Waals surface area (Å²) in [5.74, 6) is 0. The zero-order chi connectivity index (χ0) is 10.9. The normalized spacial score (nSPS) is 12.3. The Morgan fingerprint density at radius 1 is 1.11 bits per heavy atom. The second-order valence-corrected chi connectivity index (χ2v) is 4.72. The van der Waals surface area contributed by atoms with E-state index < -0.39 is 0 Å². The first-order valence-electron chi connectivity index (χ1n) is 5.46. The van der Waals surface area contributed by atoms with E-state index in [2.05, 4.69) is 57.2 Å². The molecular formula is C15H17Cl3Ti. The van der Waals surface area contributed by atoms with Crippen LogP contribution >= 0.6 is 0 Å². The molecule has 0 heterocycles. The van der Waals surface area contributed by atoms with E-state index in [-0.39, 0.29) is 64.4 Å². The fraction of sp³-hybridized carbons (Fsp3) is 0.333. The smallest absolute Gasteiger partial charge is 1.00 e. The molecule has 0 unspecified atom stereocenters. The van der Waals surface area contributed by atoms with Crippen molar-refractivity contribution < 1.29 is 58.9 Å². The molecule has 102 valence electrons. The minimum Gasteiger partial charge on any atom is -1.00 e. The van der Waals surface area contributed by atoms with Crippen LogP contribution in [0.2, 0.25) is 0 Å². The Balaban J connectivity index is -0.000000640. The van der Waals surface area contributed by atoms with E-state index in [9.17, 15) is 0 Å². The molecular weight excluding hydrogens is 334 g/mol. The van der Waals surface area contributed by atoms with Crippen molar-refractivity contribution in [3.63, 3.8) is 0 Å². The zero-order valence-corrected chi connectivity index (χ0v) is 15.1. The first kappa shape index (κ1) is 24.3. The van der Waals surface area contributed by atoms with Crippen LogP contribution in [-0.2, 0) is 27.1 Å². The van der Waals surface area contributed by atoms with Crippen LogP contribution < -0.4 is 37.2 Å². The average molecular weight is 352 g/mol. The molecule has 2 rings (SSSR count). The fourth-order valence-electron chi connectivity index (χ4n) is 2.04. The van der Waals surface area contributed by atoms with E-state index in [0.717, 1.165) is 6.42 Å². The number of rotatable bonds is 2. The van der Waals surface area contributed by atoms with Gasteiger partial charge in [-0.3, -0.25) is 6.08 Å². The van der Waals surface area contributed by atoms with Gasteiger partial charge in [0.1, 0.15) is 0 Å². The summed E-state index contributed by atoms with van der Waals surface area (Å²) in [5, 5.41) is 0. The van der Waals surface area contributed by atoms with E-state index in [4.69, 9.17) is 0 Å². The second-order valence-electron chi connectivity index (χ2n) is 4.72. The van der Waals surface area contributed by atoms with Crippen molar-refractivity contribution in [3.05, 3.63) is 59.2 Å². The summed E-state index contributed by atoms with van der Waals surface area (Å²) in [6.45, 7) is 6.69. The van der Waals surface area contributed by atoms with Crippen molar-refractivity contribution in [2.24, 2.45) is 0 Å². The van der Waals surface area contributed by atoms with Gasteiger partial charge in [0, 0.05) is 0 Å². The van der Waals surface area contributed by atoms with Crippen LogP contribution in [0.5, 0.6) is 0 Å². The van der Waals surface area contributed by atoms with Gasteiger partial charge in [0.25, 0.3) is 0 Å². The van der Waals surface area contributed by atoms with Gasteiger partial charge in [-0.05, 0) is 17.9 Å². The molecule has 1 aromatic rings. The van der Waals surface area contributed by atoms with E-state index in [1.54, 1.807) is 0 Å². The Kier molecular flexibility index (Phi) is 12.9. The third-order valence-corrected chi connectivity index (χ3v) is 3.19. The molecule has 0 spiro atoms. The van der Waals surface area contributed by atoms with E-state index in [1.807, 2.05) is 6.08 Å². The quantitative estimate of drug-likeness (QED) is 0.370. The molecule has 1 aliphatic rings. The van der Waals surface area contributed by atoms with E-state index in [0.29, 0.717) is 0 Å². The maximum atomic E-state index is 3.35. The Hall–Kier alpha value is 0.284. The average Bonchev–Trinajstić information content (AvgIpc) is 2.71. The Morgan fingerprint density at radius 2 is 1.74 bits per heavy atom. The summed E-state index contributed by atoms with van der Waals surface area (Å²) in [5.41, 5.74) is 4.20. The summed E-state index contributed by atoms with van der Waals surface area (Å²) in [6.07, 6.45) is 8.60. The monoisotopic (exact) mass is 350 g/mol. The number of aryl methyl sites for hydroxylation is 1. The van der Waals surface area contributed by atoms with Gasteiger partial charge in [-0.25, -0.2) is 12.2 Å². The van der Waals surface area contributed by atoms with Gasteiger partial charge in [0.05, 0.1) is 0 Å². The third kappa shape index (κ3) is 5.65. The molecule has 0 saturated carbocycles. The standard InChI is InChI=1S/C15H17.3ClH.Ti/c1-12-7-6-10-14(11-12)15(2,3)13-8-4-5-9-13;;;;/h4-7,10-11H,8H2,1-3H3;3*1H;/q-1;;;;+4/p-3. The zero-order valence-electron chi connectivity index (χ0n) is 11.3. The van der Waals surface area contributed by atoms with Gasteiger partial charge < -0.3 is 37.2 Å². The minimum absolute atomic E-state index is 0.